The molecule has 1 atom stereocenters. The van der Waals surface area contributed by atoms with Crippen LogP contribution in [0.4, 0.5) is 9.93 Å². The van der Waals surface area contributed by atoms with Crippen molar-refractivity contribution >= 4 is 45.7 Å². The van der Waals surface area contributed by atoms with E-state index in [2.05, 4.69) is 45.2 Å². The summed E-state index contributed by atoms with van der Waals surface area (Å²) in [6.07, 6.45) is 3.09. The van der Waals surface area contributed by atoms with Gasteiger partial charge in [0.1, 0.15) is 12.6 Å². The standard InChI is InChI=1S/C32H32N4O3S2/c1-21(40)33-18-10-9-17-28(30(37)36-31-34-19-29(41-31)22-11-3-2-4-12-22)35-32(38)39-20-27-25-15-7-5-13-23(25)24-14-6-8-16-26(24)27/h2-8,11-16,19,27-28H,9-10,17-18,20H2,1H3,(H,33,40)(H,35,38)(H,34,36,37)/t28-/m0/s1. The van der Waals surface area contributed by atoms with Crippen LogP contribution in [0.2, 0.25) is 0 Å². The van der Waals surface area contributed by atoms with E-state index in [0.29, 0.717) is 24.5 Å². The van der Waals surface area contributed by atoms with Crippen molar-refractivity contribution in [2.45, 2.75) is 38.1 Å². The average molecular weight is 585 g/mol. The molecule has 210 valence electrons. The summed E-state index contributed by atoms with van der Waals surface area (Å²) >= 11 is 6.46. The maximum atomic E-state index is 13.3. The van der Waals surface area contributed by atoms with Crippen molar-refractivity contribution in [3.05, 3.63) is 96.2 Å². The summed E-state index contributed by atoms with van der Waals surface area (Å²) in [6.45, 7) is 2.72. The van der Waals surface area contributed by atoms with E-state index >= 15 is 0 Å². The van der Waals surface area contributed by atoms with Crippen LogP contribution in [0.3, 0.4) is 0 Å². The fourth-order valence-corrected chi connectivity index (χ4v) is 5.98. The third-order valence-electron chi connectivity index (χ3n) is 7.04. The monoisotopic (exact) mass is 584 g/mol. The van der Waals surface area contributed by atoms with E-state index in [0.717, 1.165) is 44.1 Å². The van der Waals surface area contributed by atoms with E-state index in [1.54, 1.807) is 6.20 Å². The van der Waals surface area contributed by atoms with Gasteiger partial charge >= 0.3 is 6.09 Å². The van der Waals surface area contributed by atoms with E-state index in [1.165, 1.54) is 11.3 Å². The molecule has 9 heteroatoms. The molecule has 0 saturated carbocycles. The molecule has 1 aliphatic rings. The lowest BCUT2D eigenvalue weighted by Crippen LogP contribution is -2.44. The number of nitrogens with one attached hydrogen (secondary N) is 3. The molecule has 41 heavy (non-hydrogen) atoms. The van der Waals surface area contributed by atoms with E-state index in [4.69, 9.17) is 17.0 Å². The summed E-state index contributed by atoms with van der Waals surface area (Å²) in [5.74, 6) is -0.387. The van der Waals surface area contributed by atoms with Gasteiger partial charge in [-0.1, -0.05) is 102 Å². The summed E-state index contributed by atoms with van der Waals surface area (Å²) in [6, 6.07) is 25.5. The Bertz CT molecular complexity index is 1480. The van der Waals surface area contributed by atoms with Crippen molar-refractivity contribution in [1.29, 1.82) is 0 Å². The zero-order valence-electron chi connectivity index (χ0n) is 22.8. The molecule has 0 radical (unpaired) electrons. The Balaban J connectivity index is 1.22. The third-order valence-corrected chi connectivity index (χ3v) is 8.15. The smallest absolute Gasteiger partial charge is 0.407 e. The normalized spacial score (nSPS) is 12.6. The number of benzene rings is 3. The van der Waals surface area contributed by atoms with Gasteiger partial charge in [-0.05, 0) is 54.0 Å². The van der Waals surface area contributed by atoms with Crippen molar-refractivity contribution in [3.8, 4) is 21.6 Å². The van der Waals surface area contributed by atoms with Crippen molar-refractivity contribution in [1.82, 2.24) is 15.6 Å². The lowest BCUT2D eigenvalue weighted by molar-refractivity contribution is -0.118. The molecule has 3 aromatic carbocycles. The molecular weight excluding hydrogens is 553 g/mol. The molecule has 1 heterocycles. The fourth-order valence-electron chi connectivity index (χ4n) is 5.05. The number of fused-ring (bicyclic) bond motifs is 3. The van der Waals surface area contributed by atoms with Crippen LogP contribution < -0.4 is 16.0 Å². The number of rotatable bonds is 11. The molecule has 0 aliphatic heterocycles. The largest absolute Gasteiger partial charge is 0.449 e. The van der Waals surface area contributed by atoms with Crippen LogP contribution in [0.15, 0.2) is 85.1 Å². The highest BCUT2D eigenvalue weighted by Gasteiger charge is 2.30. The first kappa shape index (κ1) is 28.4. The SMILES string of the molecule is CC(=S)NCCCC[C@H](NC(=O)OCC1c2ccccc2-c2ccccc21)C(=O)Nc1ncc(-c2ccccc2)s1. The quantitative estimate of drug-likeness (QED) is 0.133. The van der Waals surface area contributed by atoms with Crippen LogP contribution in [-0.4, -0.2) is 41.2 Å². The van der Waals surface area contributed by atoms with Crippen LogP contribution in [0.25, 0.3) is 21.6 Å². The molecule has 0 saturated heterocycles. The Morgan fingerprint density at radius 2 is 1.61 bits per heavy atom. The highest BCUT2D eigenvalue weighted by atomic mass is 32.1. The maximum absolute atomic E-state index is 13.3. The van der Waals surface area contributed by atoms with Crippen molar-refractivity contribution in [3.63, 3.8) is 0 Å². The number of hydrogen-bond acceptors (Lipinski definition) is 6. The molecule has 4 aromatic rings. The summed E-state index contributed by atoms with van der Waals surface area (Å²) in [7, 11) is 0. The first-order valence-electron chi connectivity index (χ1n) is 13.7. The molecule has 5 rings (SSSR count). The lowest BCUT2D eigenvalue weighted by Gasteiger charge is -2.19. The number of thiocarbonyl (C=S) groups is 1. The van der Waals surface area contributed by atoms with Gasteiger partial charge in [-0.2, -0.15) is 0 Å². The first-order valence-corrected chi connectivity index (χ1v) is 14.9. The Kier molecular flexibility index (Phi) is 9.38. The second-order valence-corrected chi connectivity index (χ2v) is 11.5. The van der Waals surface area contributed by atoms with E-state index in [9.17, 15) is 9.59 Å². The van der Waals surface area contributed by atoms with Crippen LogP contribution >= 0.6 is 23.6 Å². The van der Waals surface area contributed by atoms with Crippen molar-refractivity contribution in [2.75, 3.05) is 18.5 Å². The van der Waals surface area contributed by atoms with Gasteiger partial charge in [-0.25, -0.2) is 9.78 Å². The molecule has 1 aliphatic carbocycles. The van der Waals surface area contributed by atoms with Gasteiger partial charge in [0.2, 0.25) is 5.91 Å². The minimum atomic E-state index is -0.775. The number of ether oxygens (including phenoxy) is 1. The number of amides is 2. The Labute approximate surface area is 249 Å². The number of anilines is 1. The third kappa shape index (κ3) is 7.17. The number of unbranched alkanes of at least 4 members (excludes halogenated alkanes) is 1. The van der Waals surface area contributed by atoms with Gasteiger partial charge in [-0.3, -0.25) is 4.79 Å². The average Bonchev–Trinajstić information content (AvgIpc) is 3.58. The molecule has 1 aromatic heterocycles. The van der Waals surface area contributed by atoms with Gasteiger partial charge in [0.05, 0.1) is 9.87 Å². The number of aromatic nitrogens is 1. The fraction of sp³-hybridized carbons (Fsp3) is 0.250. The molecule has 0 fully saturated rings. The predicted molar refractivity (Wildman–Crippen MR) is 168 cm³/mol. The van der Waals surface area contributed by atoms with Crippen molar-refractivity contribution < 1.29 is 14.3 Å². The molecular formula is C32H32N4O3S2. The number of hydrogen-bond donors (Lipinski definition) is 3. The second kappa shape index (κ2) is 13.5. The highest BCUT2D eigenvalue weighted by Crippen LogP contribution is 2.44. The van der Waals surface area contributed by atoms with E-state index in [-0.39, 0.29) is 18.4 Å². The first-order chi connectivity index (χ1) is 20.0. The molecule has 0 bridgehead atoms. The van der Waals surface area contributed by atoms with Gasteiger partial charge in [0, 0.05) is 18.7 Å². The number of carbonyl (C=O) groups excluding carboxylic acids is 2. The number of nitrogens with zero attached hydrogens (tertiary/aromatic N) is 1. The number of thiazole rings is 1. The Morgan fingerprint density at radius 1 is 0.951 bits per heavy atom. The Hall–Kier alpha value is -4.08. The summed E-state index contributed by atoms with van der Waals surface area (Å²) in [5, 5.41) is 9.29. The minimum absolute atomic E-state index is 0.0592. The molecule has 3 N–H and O–H groups in total. The van der Waals surface area contributed by atoms with Crippen LogP contribution in [0, 0.1) is 0 Å². The number of carbonyl (C=O) groups is 2. The zero-order chi connectivity index (χ0) is 28.6. The second-order valence-electron chi connectivity index (χ2n) is 9.89. The number of alkyl carbamates (subject to hydrolysis) is 1. The van der Waals surface area contributed by atoms with Crippen molar-refractivity contribution in [2.24, 2.45) is 0 Å². The van der Waals surface area contributed by atoms with Gasteiger partial charge in [-0.15, -0.1) is 0 Å². The highest BCUT2D eigenvalue weighted by molar-refractivity contribution is 7.80. The molecule has 0 spiro atoms. The van der Waals surface area contributed by atoms with E-state index in [1.807, 2.05) is 61.5 Å². The summed E-state index contributed by atoms with van der Waals surface area (Å²) < 4.78 is 5.72. The van der Waals surface area contributed by atoms with Gasteiger partial charge in [0.25, 0.3) is 0 Å². The zero-order valence-corrected chi connectivity index (χ0v) is 24.4. The van der Waals surface area contributed by atoms with E-state index < -0.39 is 12.1 Å². The minimum Gasteiger partial charge on any atom is -0.449 e. The van der Waals surface area contributed by atoms with Gasteiger partial charge < -0.3 is 20.7 Å². The molecule has 0 unspecified atom stereocenters. The topological polar surface area (TPSA) is 92.4 Å². The van der Waals surface area contributed by atoms with Crippen LogP contribution in [0.1, 0.15) is 43.2 Å². The summed E-state index contributed by atoms with van der Waals surface area (Å²) in [5.41, 5.74) is 5.62. The van der Waals surface area contributed by atoms with Crippen LogP contribution in [0.5, 0.6) is 0 Å². The predicted octanol–water partition coefficient (Wildman–Crippen LogP) is 6.76. The lowest BCUT2D eigenvalue weighted by atomic mass is 9.98. The molecule has 7 nitrogen and oxygen atoms in total. The van der Waals surface area contributed by atoms with Gasteiger partial charge in [0.15, 0.2) is 5.13 Å². The maximum Gasteiger partial charge on any atom is 0.407 e. The molecule has 2 amide bonds. The Morgan fingerprint density at radius 3 is 2.29 bits per heavy atom. The summed E-state index contributed by atoms with van der Waals surface area (Å²) in [4.78, 5) is 32.4. The van der Waals surface area contributed by atoms with Crippen LogP contribution in [-0.2, 0) is 9.53 Å².